The van der Waals surface area contributed by atoms with Crippen molar-refractivity contribution in [3.8, 4) is 0 Å². The first kappa shape index (κ1) is 13.8. The van der Waals surface area contributed by atoms with Crippen LogP contribution in [0.25, 0.3) is 0 Å². The first-order valence-electron chi connectivity index (χ1n) is 6.48. The third kappa shape index (κ3) is 2.87. The molecule has 1 heterocycles. The van der Waals surface area contributed by atoms with Crippen molar-refractivity contribution >= 4 is 11.7 Å². The molecule has 0 bridgehead atoms. The number of aliphatic carboxylic acids is 1. The molecule has 0 aromatic heterocycles. The largest absolute Gasteiger partial charge is 0.544 e. The third-order valence-corrected chi connectivity index (χ3v) is 3.95. The lowest BCUT2D eigenvalue weighted by atomic mass is 10.0. The summed E-state index contributed by atoms with van der Waals surface area (Å²) < 4.78 is 12.9. The molecular weight excluding hydrogens is 247 g/mol. The number of nitrogens with zero attached hydrogens (tertiary/aromatic N) is 1. The Morgan fingerprint density at radius 1 is 1.26 bits per heavy atom. The molecule has 1 aromatic rings. The summed E-state index contributed by atoms with van der Waals surface area (Å²) in [4.78, 5) is 14.3. The minimum atomic E-state index is -1.02. The zero-order valence-electron chi connectivity index (χ0n) is 11.3. The van der Waals surface area contributed by atoms with Gasteiger partial charge in [0.05, 0.1) is 26.2 Å². The van der Waals surface area contributed by atoms with E-state index >= 15 is 0 Å². The molecule has 1 saturated heterocycles. The summed E-state index contributed by atoms with van der Waals surface area (Å²) in [6, 6.07) is 6.40. The summed E-state index contributed by atoms with van der Waals surface area (Å²) in [5, 5.41) is 11.1. The van der Waals surface area contributed by atoms with Crippen molar-refractivity contribution in [2.24, 2.45) is 0 Å². The molecular formula is C14H19FN2O2. The maximum absolute atomic E-state index is 12.9. The Bertz CT molecular complexity index is 451. The van der Waals surface area contributed by atoms with Crippen molar-refractivity contribution in [1.82, 2.24) is 0 Å². The summed E-state index contributed by atoms with van der Waals surface area (Å²) in [6.45, 7) is 6.39. The Balaban J connectivity index is 1.99. The van der Waals surface area contributed by atoms with Gasteiger partial charge < -0.3 is 19.7 Å². The lowest BCUT2D eigenvalue weighted by Gasteiger charge is -2.42. The molecule has 19 heavy (non-hydrogen) atoms. The Morgan fingerprint density at radius 3 is 2.26 bits per heavy atom. The van der Waals surface area contributed by atoms with Crippen LogP contribution in [0.1, 0.15) is 13.8 Å². The monoisotopic (exact) mass is 266 g/mol. The molecule has 5 heteroatoms. The van der Waals surface area contributed by atoms with Crippen LogP contribution in [-0.2, 0) is 4.79 Å². The van der Waals surface area contributed by atoms with Gasteiger partial charge in [0.1, 0.15) is 17.3 Å². The van der Waals surface area contributed by atoms with Gasteiger partial charge >= 0.3 is 0 Å². The van der Waals surface area contributed by atoms with Crippen molar-refractivity contribution in [2.45, 2.75) is 19.4 Å². The van der Waals surface area contributed by atoms with Crippen LogP contribution >= 0.6 is 0 Å². The van der Waals surface area contributed by atoms with Gasteiger partial charge in [0, 0.05) is 5.69 Å². The van der Waals surface area contributed by atoms with E-state index in [0.29, 0.717) is 0 Å². The van der Waals surface area contributed by atoms with Crippen molar-refractivity contribution in [3.63, 3.8) is 0 Å². The molecule has 0 amide bonds. The van der Waals surface area contributed by atoms with Crippen LogP contribution in [0, 0.1) is 5.82 Å². The van der Waals surface area contributed by atoms with Crippen molar-refractivity contribution in [2.75, 3.05) is 31.1 Å². The van der Waals surface area contributed by atoms with E-state index in [1.54, 1.807) is 26.0 Å². The van der Waals surface area contributed by atoms with Crippen LogP contribution in [-0.4, -0.2) is 37.7 Å². The van der Waals surface area contributed by atoms with Gasteiger partial charge in [-0.05, 0) is 38.1 Å². The molecule has 0 unspecified atom stereocenters. The zero-order valence-corrected chi connectivity index (χ0v) is 11.3. The molecule has 4 nitrogen and oxygen atoms in total. The summed E-state index contributed by atoms with van der Waals surface area (Å²) in [5.74, 6) is -1.26. The fourth-order valence-corrected chi connectivity index (χ4v) is 2.46. The molecule has 1 aliphatic heterocycles. The molecule has 0 aliphatic carbocycles. The molecule has 0 saturated carbocycles. The fraction of sp³-hybridized carbons (Fsp3) is 0.500. The summed E-state index contributed by atoms with van der Waals surface area (Å²) >= 11 is 0. The van der Waals surface area contributed by atoms with Crippen molar-refractivity contribution in [1.29, 1.82) is 0 Å². The number of carboxylic acid groups (broad SMARTS) is 1. The SMILES string of the molecule is CC(C)(C(=O)[O-])[NH+]1CCN(c2ccc(F)cc2)CC1. The summed E-state index contributed by atoms with van der Waals surface area (Å²) in [5.41, 5.74) is 0.112. The summed E-state index contributed by atoms with van der Waals surface area (Å²) in [6.07, 6.45) is 0. The Morgan fingerprint density at radius 2 is 1.79 bits per heavy atom. The predicted octanol–water partition coefficient (Wildman–Crippen LogP) is -0.941. The molecule has 2 rings (SSSR count). The van der Waals surface area contributed by atoms with Crippen molar-refractivity contribution < 1.29 is 19.2 Å². The van der Waals surface area contributed by atoms with Gasteiger partial charge in [-0.25, -0.2) is 4.39 Å². The molecule has 1 N–H and O–H groups in total. The first-order valence-corrected chi connectivity index (χ1v) is 6.48. The van der Waals surface area contributed by atoms with Gasteiger partial charge in [0.2, 0.25) is 0 Å². The second kappa shape index (κ2) is 5.17. The molecule has 1 aromatic carbocycles. The first-order chi connectivity index (χ1) is 8.91. The average molecular weight is 266 g/mol. The van der Waals surface area contributed by atoms with E-state index in [-0.39, 0.29) is 5.82 Å². The van der Waals surface area contributed by atoms with Crippen LogP contribution < -0.4 is 14.9 Å². The van der Waals surface area contributed by atoms with Gasteiger partial charge in [0.15, 0.2) is 0 Å². The number of hydrogen-bond donors (Lipinski definition) is 1. The smallest absolute Gasteiger partial charge is 0.132 e. The maximum Gasteiger partial charge on any atom is 0.132 e. The van der Waals surface area contributed by atoms with E-state index in [0.717, 1.165) is 36.8 Å². The topological polar surface area (TPSA) is 47.8 Å². The number of carboxylic acids is 1. The molecule has 1 aliphatic rings. The van der Waals surface area contributed by atoms with Gasteiger partial charge in [-0.2, -0.15) is 0 Å². The third-order valence-electron chi connectivity index (χ3n) is 3.95. The quantitative estimate of drug-likeness (QED) is 0.768. The standard InChI is InChI=1S/C14H19FN2O2/c1-14(2,13(18)19)17-9-7-16(8-10-17)12-5-3-11(15)4-6-12/h3-6H,7-10H2,1-2H3,(H,18,19). The highest BCUT2D eigenvalue weighted by Gasteiger charge is 2.35. The van der Waals surface area contributed by atoms with E-state index < -0.39 is 11.5 Å². The number of anilines is 1. The maximum atomic E-state index is 12.9. The number of quaternary nitrogens is 1. The van der Waals surface area contributed by atoms with Crippen LogP contribution in [0.2, 0.25) is 0 Å². The van der Waals surface area contributed by atoms with E-state index in [9.17, 15) is 14.3 Å². The van der Waals surface area contributed by atoms with Crippen LogP contribution in [0.4, 0.5) is 10.1 Å². The summed E-state index contributed by atoms with van der Waals surface area (Å²) in [7, 11) is 0. The number of carbonyl (C=O) groups excluding carboxylic acids is 1. The van der Waals surface area contributed by atoms with Gasteiger partial charge in [0.25, 0.3) is 0 Å². The number of nitrogens with one attached hydrogen (secondary N) is 1. The number of halogens is 1. The highest BCUT2D eigenvalue weighted by atomic mass is 19.1. The van der Waals surface area contributed by atoms with Gasteiger partial charge in [-0.3, -0.25) is 0 Å². The van der Waals surface area contributed by atoms with Crippen LogP contribution in [0.15, 0.2) is 24.3 Å². The van der Waals surface area contributed by atoms with E-state index in [2.05, 4.69) is 4.90 Å². The lowest BCUT2D eigenvalue weighted by Crippen LogP contribution is -3.23. The molecule has 0 radical (unpaired) electrons. The van der Waals surface area contributed by atoms with Gasteiger partial charge in [-0.1, -0.05) is 0 Å². The molecule has 1 fully saturated rings. The van der Waals surface area contributed by atoms with Crippen LogP contribution in [0.3, 0.4) is 0 Å². The number of rotatable bonds is 3. The highest BCUT2D eigenvalue weighted by molar-refractivity contribution is 5.73. The van der Waals surface area contributed by atoms with Gasteiger partial charge in [-0.15, -0.1) is 0 Å². The number of hydrogen-bond acceptors (Lipinski definition) is 3. The van der Waals surface area contributed by atoms with E-state index in [1.165, 1.54) is 12.1 Å². The van der Waals surface area contributed by atoms with Crippen LogP contribution in [0.5, 0.6) is 0 Å². The molecule has 0 spiro atoms. The Kier molecular flexibility index (Phi) is 3.75. The Hall–Kier alpha value is -1.62. The molecule has 104 valence electrons. The normalized spacial score (nSPS) is 17.5. The van der Waals surface area contributed by atoms with Crippen molar-refractivity contribution in [3.05, 3.63) is 30.1 Å². The average Bonchev–Trinajstić information content (AvgIpc) is 2.39. The van der Waals surface area contributed by atoms with E-state index in [1.807, 2.05) is 0 Å². The fourth-order valence-electron chi connectivity index (χ4n) is 2.46. The second-order valence-corrected chi connectivity index (χ2v) is 5.48. The van der Waals surface area contributed by atoms with E-state index in [4.69, 9.17) is 0 Å². The molecule has 0 atom stereocenters. The number of piperazine rings is 1. The predicted molar refractivity (Wildman–Crippen MR) is 68.4 cm³/mol. The second-order valence-electron chi connectivity index (χ2n) is 5.48. The zero-order chi connectivity index (χ0) is 14.0. The lowest BCUT2D eigenvalue weighted by molar-refractivity contribution is -0.941. The minimum Gasteiger partial charge on any atom is -0.544 e. The number of carbonyl (C=O) groups is 1. The minimum absolute atomic E-state index is 0.244. The number of benzene rings is 1. The Labute approximate surface area is 112 Å². The highest BCUT2D eigenvalue weighted by Crippen LogP contribution is 2.14.